The average Bonchev–Trinajstić information content (AvgIpc) is 3.49. The number of fused-ring (bicyclic) bond motifs is 2. The van der Waals surface area contributed by atoms with Crippen molar-refractivity contribution < 1.29 is 28.6 Å². The lowest BCUT2D eigenvalue weighted by atomic mass is 10.1. The second-order valence-corrected chi connectivity index (χ2v) is 9.39. The van der Waals surface area contributed by atoms with Gasteiger partial charge in [-0.3, -0.25) is 14.5 Å². The third-order valence-electron chi connectivity index (χ3n) is 6.81. The van der Waals surface area contributed by atoms with Crippen LogP contribution in [-0.2, 0) is 27.2 Å². The number of nitrogens with one attached hydrogen (secondary N) is 3. The van der Waals surface area contributed by atoms with E-state index in [1.54, 1.807) is 19.2 Å². The number of aromatic nitrogens is 2. The average molecular weight is 511 g/mol. The molecule has 2 aromatic heterocycles. The van der Waals surface area contributed by atoms with Crippen LogP contribution in [-0.4, -0.2) is 73.9 Å². The molecular formula is C25H30N6O6. The van der Waals surface area contributed by atoms with E-state index < -0.39 is 6.09 Å². The van der Waals surface area contributed by atoms with Gasteiger partial charge in [0.2, 0.25) is 5.88 Å². The maximum absolute atomic E-state index is 12.4. The first-order valence-corrected chi connectivity index (χ1v) is 12.3. The van der Waals surface area contributed by atoms with Crippen LogP contribution in [0.15, 0.2) is 18.3 Å². The maximum Gasteiger partial charge on any atom is 0.415 e. The molecule has 0 bridgehead atoms. The van der Waals surface area contributed by atoms with Gasteiger partial charge >= 0.3 is 6.09 Å². The van der Waals surface area contributed by atoms with Crippen molar-refractivity contribution in [3.63, 3.8) is 0 Å². The fourth-order valence-electron chi connectivity index (χ4n) is 4.84. The van der Waals surface area contributed by atoms with E-state index in [-0.39, 0.29) is 31.1 Å². The number of hydrogen-bond donors (Lipinski definition) is 3. The fourth-order valence-corrected chi connectivity index (χ4v) is 4.84. The maximum atomic E-state index is 12.4. The molecule has 0 saturated carbocycles. The van der Waals surface area contributed by atoms with E-state index in [0.717, 1.165) is 24.9 Å². The number of pyridine rings is 2. The summed E-state index contributed by atoms with van der Waals surface area (Å²) in [5, 5.41) is 8.68. The lowest BCUT2D eigenvalue weighted by molar-refractivity contribution is -0.122. The highest BCUT2D eigenvalue weighted by molar-refractivity contribution is 5.95. The zero-order valence-corrected chi connectivity index (χ0v) is 20.8. The summed E-state index contributed by atoms with van der Waals surface area (Å²) >= 11 is 0. The number of rotatable bonds is 9. The van der Waals surface area contributed by atoms with Crippen molar-refractivity contribution in [2.75, 3.05) is 50.1 Å². The van der Waals surface area contributed by atoms with Gasteiger partial charge in [0.1, 0.15) is 11.9 Å². The Morgan fingerprint density at radius 3 is 3.00 bits per heavy atom. The largest absolute Gasteiger partial charge is 0.480 e. The molecule has 0 spiro atoms. The Hall–Kier alpha value is -3.93. The molecule has 2 unspecified atom stereocenters. The molecule has 5 rings (SSSR count). The molecule has 2 aromatic rings. The van der Waals surface area contributed by atoms with Gasteiger partial charge in [-0.2, -0.15) is 0 Å². The summed E-state index contributed by atoms with van der Waals surface area (Å²) in [6.45, 7) is 3.81. The predicted molar refractivity (Wildman–Crippen MR) is 133 cm³/mol. The fraction of sp³-hybridized carbons (Fsp3) is 0.480. The van der Waals surface area contributed by atoms with Crippen LogP contribution >= 0.6 is 0 Å². The van der Waals surface area contributed by atoms with Crippen LogP contribution in [0.25, 0.3) is 0 Å². The highest BCUT2D eigenvalue weighted by Gasteiger charge is 2.34. The number of hydrogen-bond acceptors (Lipinski definition) is 9. The molecule has 4 heterocycles. The van der Waals surface area contributed by atoms with Crippen molar-refractivity contribution in [3.05, 3.63) is 35.0 Å². The van der Waals surface area contributed by atoms with Gasteiger partial charge in [-0.15, -0.1) is 0 Å². The van der Waals surface area contributed by atoms with Crippen LogP contribution < -0.4 is 30.3 Å². The number of anilines is 2. The summed E-state index contributed by atoms with van der Waals surface area (Å²) in [4.78, 5) is 45.7. The minimum absolute atomic E-state index is 0.0487. The van der Waals surface area contributed by atoms with Crippen LogP contribution in [0, 0.1) is 12.8 Å². The van der Waals surface area contributed by atoms with Gasteiger partial charge in [0.25, 0.3) is 11.8 Å². The van der Waals surface area contributed by atoms with Gasteiger partial charge in [0.15, 0.2) is 24.8 Å². The second-order valence-electron chi connectivity index (χ2n) is 9.39. The molecule has 2 atom stereocenters. The van der Waals surface area contributed by atoms with Gasteiger partial charge in [0, 0.05) is 18.8 Å². The number of ether oxygens (including phenoxy) is 3. The lowest BCUT2D eigenvalue weighted by Crippen LogP contribution is -2.30. The number of nitrogens with zero attached hydrogens (tertiary/aromatic N) is 3. The van der Waals surface area contributed by atoms with Gasteiger partial charge in [-0.1, -0.05) is 0 Å². The summed E-state index contributed by atoms with van der Waals surface area (Å²) in [6.07, 6.45) is 3.66. The predicted octanol–water partition coefficient (Wildman–Crippen LogP) is 0.961. The van der Waals surface area contributed by atoms with Crippen LogP contribution in [0.2, 0.25) is 0 Å². The van der Waals surface area contributed by atoms with Crippen molar-refractivity contribution >= 4 is 29.5 Å². The molecule has 12 nitrogen and oxygen atoms in total. The Bertz CT molecular complexity index is 1220. The number of carbonyl (C=O) groups excluding carboxylic acids is 3. The molecule has 12 heteroatoms. The molecule has 1 aliphatic carbocycles. The molecule has 3 aliphatic rings. The molecule has 37 heavy (non-hydrogen) atoms. The van der Waals surface area contributed by atoms with E-state index >= 15 is 0 Å². The van der Waals surface area contributed by atoms with E-state index in [9.17, 15) is 14.4 Å². The highest BCUT2D eigenvalue weighted by atomic mass is 16.6. The molecule has 196 valence electrons. The number of carbonyl (C=O) groups is 3. The van der Waals surface area contributed by atoms with Crippen molar-refractivity contribution in [1.29, 1.82) is 0 Å². The Morgan fingerprint density at radius 2 is 2.16 bits per heavy atom. The number of amides is 3. The monoisotopic (exact) mass is 510 g/mol. The van der Waals surface area contributed by atoms with Crippen LogP contribution in [0.3, 0.4) is 0 Å². The third-order valence-corrected chi connectivity index (χ3v) is 6.81. The smallest absolute Gasteiger partial charge is 0.415 e. The summed E-state index contributed by atoms with van der Waals surface area (Å²) in [5.41, 5.74) is 3.45. The van der Waals surface area contributed by atoms with Crippen molar-refractivity contribution in [1.82, 2.24) is 20.6 Å². The van der Waals surface area contributed by atoms with Gasteiger partial charge in [0.05, 0.1) is 6.54 Å². The van der Waals surface area contributed by atoms with E-state index in [0.29, 0.717) is 48.7 Å². The van der Waals surface area contributed by atoms with E-state index in [2.05, 4.69) is 25.9 Å². The van der Waals surface area contributed by atoms with Gasteiger partial charge in [-0.05, 0) is 68.5 Å². The van der Waals surface area contributed by atoms with E-state index in [1.165, 1.54) is 16.0 Å². The van der Waals surface area contributed by atoms with Crippen molar-refractivity contribution in [3.8, 4) is 11.6 Å². The standard InChI is InChI=1S/C25H30N6O6/c1-14-18-8-15(7-16(18)10-28-24(14)36-12-21(32)26-2)9-27-6-5-17-11-31(25(34)37-17)20-4-3-19-23(29-20)30-22(33)13-35-19/h3-4,10,15,17,27H,5-9,11-13H2,1-2H3,(H,26,32)(H,29,30,33). The Morgan fingerprint density at radius 1 is 1.30 bits per heavy atom. The van der Waals surface area contributed by atoms with Crippen LogP contribution in [0.1, 0.15) is 23.1 Å². The second kappa shape index (κ2) is 10.6. The normalized spacial score (nSPS) is 20.0. The molecule has 0 radical (unpaired) electrons. The number of cyclic esters (lactones) is 1. The highest BCUT2D eigenvalue weighted by Crippen LogP contribution is 2.33. The first kappa shape index (κ1) is 24.8. The molecular weight excluding hydrogens is 480 g/mol. The number of likely N-dealkylation sites (N-methyl/N-ethyl adjacent to an activating group) is 1. The topological polar surface area (TPSA) is 144 Å². The summed E-state index contributed by atoms with van der Waals surface area (Å²) in [5.74, 6) is 1.66. The summed E-state index contributed by atoms with van der Waals surface area (Å²) < 4.78 is 16.4. The summed E-state index contributed by atoms with van der Waals surface area (Å²) in [6, 6.07) is 3.37. The molecule has 0 aromatic carbocycles. The van der Waals surface area contributed by atoms with E-state index in [1.807, 2.05) is 13.1 Å². The first-order chi connectivity index (χ1) is 17.9. The molecule has 1 fully saturated rings. The Labute approximate surface area is 214 Å². The first-order valence-electron chi connectivity index (χ1n) is 12.3. The third kappa shape index (κ3) is 5.43. The summed E-state index contributed by atoms with van der Waals surface area (Å²) in [7, 11) is 1.57. The minimum atomic E-state index is -0.454. The lowest BCUT2D eigenvalue weighted by Gasteiger charge is -2.19. The minimum Gasteiger partial charge on any atom is -0.480 e. The van der Waals surface area contributed by atoms with Crippen molar-refractivity contribution in [2.45, 2.75) is 32.3 Å². The van der Waals surface area contributed by atoms with E-state index in [4.69, 9.17) is 14.2 Å². The Kier molecular flexibility index (Phi) is 7.08. The molecule has 3 N–H and O–H groups in total. The van der Waals surface area contributed by atoms with Crippen LogP contribution in [0.4, 0.5) is 16.4 Å². The molecule has 1 saturated heterocycles. The zero-order chi connectivity index (χ0) is 25.9. The Balaban J connectivity index is 1.08. The van der Waals surface area contributed by atoms with Gasteiger partial charge in [-0.25, -0.2) is 14.8 Å². The quantitative estimate of drug-likeness (QED) is 0.420. The van der Waals surface area contributed by atoms with Crippen LogP contribution in [0.5, 0.6) is 11.6 Å². The van der Waals surface area contributed by atoms with Crippen molar-refractivity contribution in [2.24, 2.45) is 5.92 Å². The molecule has 2 aliphatic heterocycles. The molecule has 3 amide bonds. The van der Waals surface area contributed by atoms with Gasteiger partial charge < -0.3 is 30.2 Å². The zero-order valence-electron chi connectivity index (χ0n) is 20.8. The SMILES string of the molecule is CNC(=O)COc1ncc2c(c1C)CC(CNCCC1CN(c3ccc4c(n3)NC(=O)CO4)C(=O)O1)C2.